The summed E-state index contributed by atoms with van der Waals surface area (Å²) in [5.41, 5.74) is 4.76. The minimum Gasteiger partial charge on any atom is -0.478 e. The Balaban J connectivity index is 2.42. The van der Waals surface area contributed by atoms with Crippen molar-refractivity contribution in [2.75, 3.05) is 0 Å². The maximum Gasteiger partial charge on any atom is 0.328 e. The third-order valence-corrected chi connectivity index (χ3v) is 2.88. The number of allylic oxidation sites excluding steroid dienone is 1. The number of hydrogen-bond acceptors (Lipinski definition) is 2. The Morgan fingerprint density at radius 2 is 2.00 bits per heavy atom. The van der Waals surface area contributed by atoms with Gasteiger partial charge in [0.2, 0.25) is 0 Å². The first-order chi connectivity index (χ1) is 9.06. The van der Waals surface area contributed by atoms with E-state index in [1.807, 2.05) is 31.2 Å². The lowest BCUT2D eigenvalue weighted by molar-refractivity contribution is -0.131. The third-order valence-electron chi connectivity index (χ3n) is 2.88. The van der Waals surface area contributed by atoms with Crippen LogP contribution in [0.25, 0.3) is 16.7 Å². The van der Waals surface area contributed by atoms with Crippen molar-refractivity contribution in [2.24, 2.45) is 0 Å². The molecule has 1 heterocycles. The van der Waals surface area contributed by atoms with E-state index in [9.17, 15) is 4.79 Å². The summed E-state index contributed by atoms with van der Waals surface area (Å²) in [7, 11) is 0. The van der Waals surface area contributed by atoms with Crippen LogP contribution in [0, 0.1) is 6.92 Å². The van der Waals surface area contributed by atoms with Crippen molar-refractivity contribution >= 4 is 11.5 Å². The van der Waals surface area contributed by atoms with Crippen molar-refractivity contribution in [2.45, 2.75) is 13.8 Å². The average Bonchev–Trinajstić information content (AvgIpc) is 2.38. The molecule has 3 nitrogen and oxygen atoms in total. The second-order valence-corrected chi connectivity index (χ2v) is 4.50. The minimum absolute atomic E-state index is 0.689. The molecule has 0 fully saturated rings. The van der Waals surface area contributed by atoms with E-state index < -0.39 is 5.97 Å². The van der Waals surface area contributed by atoms with Crippen molar-refractivity contribution < 1.29 is 9.90 Å². The monoisotopic (exact) mass is 253 g/mol. The highest BCUT2D eigenvalue weighted by atomic mass is 16.4. The van der Waals surface area contributed by atoms with Crippen LogP contribution < -0.4 is 0 Å². The first kappa shape index (κ1) is 13.0. The summed E-state index contributed by atoms with van der Waals surface area (Å²) in [5, 5.41) is 8.77. The van der Waals surface area contributed by atoms with Gasteiger partial charge in [0, 0.05) is 24.0 Å². The van der Waals surface area contributed by atoms with E-state index in [4.69, 9.17) is 5.11 Å². The van der Waals surface area contributed by atoms with Crippen molar-refractivity contribution in [1.29, 1.82) is 0 Å². The van der Waals surface area contributed by atoms with Gasteiger partial charge in [-0.1, -0.05) is 29.8 Å². The number of hydrogen-bond donors (Lipinski definition) is 1. The van der Waals surface area contributed by atoms with Gasteiger partial charge in [-0.2, -0.15) is 0 Å². The molecular formula is C16H15NO2. The minimum atomic E-state index is -0.946. The van der Waals surface area contributed by atoms with Crippen LogP contribution in [-0.2, 0) is 4.79 Å². The molecule has 96 valence electrons. The van der Waals surface area contributed by atoms with Crippen LogP contribution >= 0.6 is 0 Å². The van der Waals surface area contributed by atoms with Crippen LogP contribution in [0.4, 0.5) is 0 Å². The first-order valence-electron chi connectivity index (χ1n) is 6.00. The highest BCUT2D eigenvalue weighted by Crippen LogP contribution is 2.23. The predicted octanol–water partition coefficient (Wildman–Crippen LogP) is 3.54. The number of pyridine rings is 1. The standard InChI is InChI=1S/C16H15NO2/c1-11-4-3-5-13(6-11)15-8-14(9-17-10-15)12(2)7-16(18)19/h3-10H,1-2H3,(H,18,19)/b12-7+. The smallest absolute Gasteiger partial charge is 0.328 e. The van der Waals surface area contributed by atoms with E-state index >= 15 is 0 Å². The summed E-state index contributed by atoms with van der Waals surface area (Å²) in [6, 6.07) is 10.1. The van der Waals surface area contributed by atoms with Crippen molar-refractivity contribution in [3.63, 3.8) is 0 Å². The van der Waals surface area contributed by atoms with Crippen LogP contribution in [0.5, 0.6) is 0 Å². The number of carboxylic acids is 1. The highest BCUT2D eigenvalue weighted by molar-refractivity contribution is 5.89. The van der Waals surface area contributed by atoms with E-state index in [0.29, 0.717) is 5.57 Å². The normalized spacial score (nSPS) is 11.4. The quantitative estimate of drug-likeness (QED) is 0.851. The Morgan fingerprint density at radius 1 is 1.21 bits per heavy atom. The van der Waals surface area contributed by atoms with Crippen LogP contribution in [-0.4, -0.2) is 16.1 Å². The maximum atomic E-state index is 10.7. The number of benzene rings is 1. The van der Waals surface area contributed by atoms with Gasteiger partial charge < -0.3 is 5.11 Å². The Kier molecular flexibility index (Phi) is 3.76. The summed E-state index contributed by atoms with van der Waals surface area (Å²) in [4.78, 5) is 14.9. The summed E-state index contributed by atoms with van der Waals surface area (Å²) in [5.74, 6) is -0.946. The molecule has 0 aliphatic heterocycles. The number of rotatable bonds is 3. The van der Waals surface area contributed by atoms with Crippen molar-refractivity contribution in [3.05, 3.63) is 59.9 Å². The molecule has 2 aromatic rings. The Labute approximate surface area is 112 Å². The van der Waals surface area contributed by atoms with Gasteiger partial charge in [-0.15, -0.1) is 0 Å². The van der Waals surface area contributed by atoms with Crippen LogP contribution in [0.3, 0.4) is 0 Å². The van der Waals surface area contributed by atoms with Crippen molar-refractivity contribution in [1.82, 2.24) is 4.98 Å². The second-order valence-electron chi connectivity index (χ2n) is 4.50. The molecule has 3 heteroatoms. The van der Waals surface area contributed by atoms with Gasteiger partial charge in [-0.25, -0.2) is 4.79 Å². The van der Waals surface area contributed by atoms with Gasteiger partial charge in [0.25, 0.3) is 0 Å². The molecule has 0 saturated heterocycles. The van der Waals surface area contributed by atoms with Crippen LogP contribution in [0.2, 0.25) is 0 Å². The summed E-state index contributed by atoms with van der Waals surface area (Å²) in [6.07, 6.45) is 4.65. The fraction of sp³-hybridized carbons (Fsp3) is 0.125. The number of aromatic nitrogens is 1. The van der Waals surface area contributed by atoms with E-state index in [0.717, 1.165) is 16.7 Å². The Morgan fingerprint density at radius 3 is 2.68 bits per heavy atom. The molecule has 0 radical (unpaired) electrons. The zero-order chi connectivity index (χ0) is 13.8. The molecule has 0 spiro atoms. The number of aryl methyl sites for hydroxylation is 1. The van der Waals surface area contributed by atoms with Crippen molar-refractivity contribution in [3.8, 4) is 11.1 Å². The molecule has 0 aliphatic carbocycles. The molecule has 0 aliphatic rings. The van der Waals surface area contributed by atoms with E-state index in [1.165, 1.54) is 11.6 Å². The lowest BCUT2D eigenvalue weighted by atomic mass is 10.0. The second kappa shape index (κ2) is 5.48. The average molecular weight is 253 g/mol. The topological polar surface area (TPSA) is 50.2 Å². The Hall–Kier alpha value is -2.42. The molecule has 2 rings (SSSR count). The molecule has 0 atom stereocenters. The fourth-order valence-corrected chi connectivity index (χ4v) is 1.91. The third kappa shape index (κ3) is 3.28. The lowest BCUT2D eigenvalue weighted by Crippen LogP contribution is -1.91. The summed E-state index contributed by atoms with van der Waals surface area (Å²) < 4.78 is 0. The van der Waals surface area contributed by atoms with Gasteiger partial charge in [-0.05, 0) is 36.6 Å². The largest absolute Gasteiger partial charge is 0.478 e. The zero-order valence-electron chi connectivity index (χ0n) is 10.9. The number of nitrogens with zero attached hydrogens (tertiary/aromatic N) is 1. The van der Waals surface area contributed by atoms with E-state index in [1.54, 1.807) is 19.3 Å². The van der Waals surface area contributed by atoms with Gasteiger partial charge in [0.1, 0.15) is 0 Å². The van der Waals surface area contributed by atoms with Gasteiger partial charge in [-0.3, -0.25) is 4.98 Å². The van der Waals surface area contributed by atoms with E-state index in [-0.39, 0.29) is 0 Å². The summed E-state index contributed by atoms with van der Waals surface area (Å²) >= 11 is 0. The van der Waals surface area contributed by atoms with Crippen LogP contribution in [0.15, 0.2) is 48.8 Å². The maximum absolute atomic E-state index is 10.7. The lowest BCUT2D eigenvalue weighted by Gasteiger charge is -2.06. The predicted molar refractivity (Wildman–Crippen MR) is 75.7 cm³/mol. The highest BCUT2D eigenvalue weighted by Gasteiger charge is 2.03. The Bertz CT molecular complexity index is 645. The number of aliphatic carboxylic acids is 1. The van der Waals surface area contributed by atoms with E-state index in [2.05, 4.69) is 11.1 Å². The molecule has 0 saturated carbocycles. The molecule has 1 aromatic heterocycles. The van der Waals surface area contributed by atoms with Gasteiger partial charge in [0.15, 0.2) is 0 Å². The van der Waals surface area contributed by atoms with Crippen LogP contribution in [0.1, 0.15) is 18.1 Å². The molecule has 0 unspecified atom stereocenters. The molecule has 0 bridgehead atoms. The molecule has 1 aromatic carbocycles. The van der Waals surface area contributed by atoms with Gasteiger partial charge >= 0.3 is 5.97 Å². The molecule has 19 heavy (non-hydrogen) atoms. The molecular weight excluding hydrogens is 238 g/mol. The number of carboxylic acid groups (broad SMARTS) is 1. The molecule has 1 N–H and O–H groups in total. The SMILES string of the molecule is C/C(=C\C(=O)O)c1cncc(-c2cccc(C)c2)c1. The number of carbonyl (C=O) groups is 1. The first-order valence-corrected chi connectivity index (χ1v) is 6.00. The fourth-order valence-electron chi connectivity index (χ4n) is 1.91. The summed E-state index contributed by atoms with van der Waals surface area (Å²) in [6.45, 7) is 3.81. The molecule has 0 amide bonds. The zero-order valence-corrected chi connectivity index (χ0v) is 10.9. The van der Waals surface area contributed by atoms with Gasteiger partial charge in [0.05, 0.1) is 0 Å².